The molecule has 2 saturated heterocycles. The van der Waals surface area contributed by atoms with Crippen molar-refractivity contribution in [3.05, 3.63) is 53.9 Å². The number of carboxylic acid groups (broad SMARTS) is 2. The number of carbonyl (C=O) groups excluding carboxylic acids is 1. The highest BCUT2D eigenvalue weighted by Crippen LogP contribution is 2.58. The molecule has 2 bridgehead atoms. The number of fused-ring (bicyclic) bond motifs is 2. The van der Waals surface area contributed by atoms with E-state index in [9.17, 15) is 39.9 Å². The van der Waals surface area contributed by atoms with Gasteiger partial charge in [0.25, 0.3) is 0 Å². The van der Waals surface area contributed by atoms with Crippen LogP contribution in [0.25, 0.3) is 0 Å². The monoisotopic (exact) mass is 576 g/mol. The van der Waals surface area contributed by atoms with Crippen LogP contribution in [0.5, 0.6) is 0 Å². The fourth-order valence-electron chi connectivity index (χ4n) is 5.59. The third-order valence-electron chi connectivity index (χ3n) is 7.57. The lowest BCUT2D eigenvalue weighted by molar-refractivity contribution is -0.383. The Morgan fingerprint density at radius 2 is 1.80 bits per heavy atom. The van der Waals surface area contributed by atoms with E-state index in [-0.39, 0.29) is 18.8 Å². The fourth-order valence-corrected chi connectivity index (χ4v) is 5.59. The minimum atomic E-state index is -3.50. The number of esters is 1. The van der Waals surface area contributed by atoms with Crippen LogP contribution in [0.15, 0.2) is 42.5 Å². The summed E-state index contributed by atoms with van der Waals surface area (Å²) in [6.45, 7) is 7.13. The highest BCUT2D eigenvalue weighted by Gasteiger charge is 2.84. The number of aliphatic hydroxyl groups excluding tert-OH is 2. The summed E-state index contributed by atoms with van der Waals surface area (Å²) in [5.74, 6) is -7.92. The first kappa shape index (κ1) is 30.2. The summed E-state index contributed by atoms with van der Waals surface area (Å²) in [6.07, 6.45) is -7.52. The van der Waals surface area contributed by atoms with E-state index < -0.39 is 65.1 Å². The average molecular weight is 577 g/mol. The molecule has 0 unspecified atom stereocenters. The second-order valence-corrected chi connectivity index (χ2v) is 10.4. The Balaban J connectivity index is 1.68. The van der Waals surface area contributed by atoms with Gasteiger partial charge >= 0.3 is 17.9 Å². The Bertz CT molecular complexity index is 1340. The van der Waals surface area contributed by atoms with Crippen molar-refractivity contribution < 1.29 is 54.1 Å². The zero-order valence-corrected chi connectivity index (χ0v) is 22.6. The predicted molar refractivity (Wildman–Crippen MR) is 135 cm³/mol. The van der Waals surface area contributed by atoms with Gasteiger partial charge in [0.05, 0.1) is 7.05 Å². The molecule has 0 amide bonds. The minimum absolute atomic E-state index is 0.0946. The van der Waals surface area contributed by atoms with Gasteiger partial charge in [-0.05, 0) is 29.2 Å². The highest BCUT2D eigenvalue weighted by molar-refractivity contribution is 5.93. The largest absolute Gasteiger partial charge is 0.479 e. The average Bonchev–Trinajstić information content (AvgIpc) is 3.43. The Morgan fingerprint density at radius 1 is 1.15 bits per heavy atom. The number of ether oxygens (including phenoxy) is 3. The van der Waals surface area contributed by atoms with Gasteiger partial charge in [-0.2, -0.15) is 4.80 Å². The summed E-state index contributed by atoms with van der Waals surface area (Å²) in [5, 5.41) is 64.6. The second kappa shape index (κ2) is 10.9. The van der Waals surface area contributed by atoms with Crippen LogP contribution in [0.3, 0.4) is 0 Å². The Morgan fingerprint density at radius 3 is 2.34 bits per heavy atom. The molecule has 2 fully saturated rings. The van der Waals surface area contributed by atoms with Gasteiger partial charge in [-0.25, -0.2) is 9.59 Å². The van der Waals surface area contributed by atoms with Crippen molar-refractivity contribution in [2.45, 2.75) is 74.5 Å². The van der Waals surface area contributed by atoms with Gasteiger partial charge in [-0.3, -0.25) is 4.79 Å². The molecule has 1 aromatic heterocycles. The van der Waals surface area contributed by atoms with Crippen molar-refractivity contribution in [3.63, 3.8) is 0 Å². The van der Waals surface area contributed by atoms with Crippen LogP contribution in [0.1, 0.15) is 44.2 Å². The fraction of sp³-hybridized carbons (Fsp3) is 0.538. The number of nitrogens with zero attached hydrogens (tertiary/aromatic N) is 4. The number of rotatable bonds is 11. The maximum Gasteiger partial charge on any atom is 0.342 e. The Hall–Kier alpha value is -3.76. The van der Waals surface area contributed by atoms with Gasteiger partial charge in [-0.15, -0.1) is 10.2 Å². The van der Waals surface area contributed by atoms with E-state index in [0.29, 0.717) is 12.0 Å². The first-order valence-corrected chi connectivity index (χ1v) is 12.8. The van der Waals surface area contributed by atoms with Gasteiger partial charge < -0.3 is 39.7 Å². The molecule has 15 heteroatoms. The van der Waals surface area contributed by atoms with Crippen LogP contribution in [0, 0.1) is 5.92 Å². The molecule has 222 valence electrons. The van der Waals surface area contributed by atoms with Crippen LogP contribution in [0.4, 0.5) is 0 Å². The molecule has 0 saturated carbocycles. The molecule has 5 N–H and O–H groups in total. The number of carbonyl (C=O) groups is 3. The number of aliphatic hydroxyl groups is 3. The van der Waals surface area contributed by atoms with Crippen molar-refractivity contribution >= 4 is 17.9 Å². The number of aromatic nitrogens is 4. The molecule has 0 spiro atoms. The van der Waals surface area contributed by atoms with Crippen LogP contribution in [0.2, 0.25) is 0 Å². The van der Waals surface area contributed by atoms with Crippen LogP contribution in [-0.2, 0) is 42.1 Å². The molecule has 0 radical (unpaired) electrons. The lowest BCUT2D eigenvalue weighted by Crippen LogP contribution is -2.74. The molecule has 1 aromatic carbocycles. The van der Waals surface area contributed by atoms with E-state index in [2.05, 4.69) is 22.0 Å². The van der Waals surface area contributed by atoms with Crippen molar-refractivity contribution in [1.82, 2.24) is 20.2 Å². The highest BCUT2D eigenvalue weighted by atomic mass is 16.8. The van der Waals surface area contributed by atoms with Crippen molar-refractivity contribution in [3.8, 4) is 0 Å². The minimum Gasteiger partial charge on any atom is -0.479 e. The van der Waals surface area contributed by atoms with Gasteiger partial charge in [0.2, 0.25) is 17.0 Å². The Kier molecular flexibility index (Phi) is 8.03. The van der Waals surface area contributed by atoms with Gasteiger partial charge in [0.1, 0.15) is 18.3 Å². The number of benzene rings is 1. The molecule has 2 aromatic rings. The third-order valence-corrected chi connectivity index (χ3v) is 7.57. The van der Waals surface area contributed by atoms with Gasteiger partial charge in [0.15, 0.2) is 11.9 Å². The van der Waals surface area contributed by atoms with E-state index in [1.54, 1.807) is 0 Å². The van der Waals surface area contributed by atoms with E-state index in [1.807, 2.05) is 37.3 Å². The number of carboxylic acids is 2. The quantitative estimate of drug-likeness (QED) is 0.168. The standard InChI is InChI=1S/C26H32N4O11/c1-13(17(39-15(3)31)14(2)12-16-8-6-5-7-9-16)10-11-24-18(32)19(33)26(41-24,23(36)37)25(38,22(34)35)20(40-24)21-27-29-30(4)28-21/h5-9,14,17-20,32-33,38H,1,10-12H2,2-4H3,(H,34,35)(H,36,37)/t14-,17-,18-,19-,20-,24+,25-,26+/m1/s1. The Labute approximate surface area is 234 Å². The number of tetrazole rings is 1. The molecule has 41 heavy (non-hydrogen) atoms. The zero-order chi connectivity index (χ0) is 30.3. The molecule has 4 rings (SSSR count). The first-order valence-electron chi connectivity index (χ1n) is 12.8. The molecule has 2 aliphatic heterocycles. The molecule has 8 atom stereocenters. The molecule has 3 heterocycles. The summed E-state index contributed by atoms with van der Waals surface area (Å²) in [6, 6.07) is 9.44. The molecule has 15 nitrogen and oxygen atoms in total. The summed E-state index contributed by atoms with van der Waals surface area (Å²) >= 11 is 0. The van der Waals surface area contributed by atoms with Crippen LogP contribution < -0.4 is 0 Å². The number of aryl methyl sites for hydroxylation is 1. The topological polar surface area (TPSA) is 224 Å². The molecule has 0 aliphatic carbocycles. The maximum atomic E-state index is 12.6. The van der Waals surface area contributed by atoms with Crippen molar-refractivity contribution in [1.29, 1.82) is 0 Å². The predicted octanol–water partition coefficient (Wildman–Crippen LogP) is -0.484. The smallest absolute Gasteiger partial charge is 0.342 e. The van der Waals surface area contributed by atoms with Crippen LogP contribution in [-0.4, -0.2) is 98.9 Å². The van der Waals surface area contributed by atoms with Gasteiger partial charge in [0, 0.05) is 19.3 Å². The van der Waals surface area contributed by atoms with E-state index in [4.69, 9.17) is 14.2 Å². The molecule has 2 aliphatic rings. The van der Waals surface area contributed by atoms with Crippen molar-refractivity contribution in [2.75, 3.05) is 0 Å². The zero-order valence-electron chi connectivity index (χ0n) is 22.6. The van der Waals surface area contributed by atoms with E-state index in [0.717, 1.165) is 10.4 Å². The maximum absolute atomic E-state index is 12.6. The number of hydrogen-bond donors (Lipinski definition) is 5. The normalized spacial score (nSPS) is 32.2. The second-order valence-electron chi connectivity index (χ2n) is 10.4. The van der Waals surface area contributed by atoms with E-state index >= 15 is 0 Å². The molecular weight excluding hydrogens is 544 g/mol. The van der Waals surface area contributed by atoms with E-state index in [1.165, 1.54) is 14.0 Å². The summed E-state index contributed by atoms with van der Waals surface area (Å²) in [5.41, 5.74) is -5.45. The molecular formula is C26H32N4O11. The lowest BCUT2D eigenvalue weighted by atomic mass is 9.74. The first-order chi connectivity index (χ1) is 19.2. The number of aliphatic carboxylic acids is 2. The van der Waals surface area contributed by atoms with Gasteiger partial charge in [-0.1, -0.05) is 43.8 Å². The van der Waals surface area contributed by atoms with Crippen LogP contribution >= 0.6 is 0 Å². The summed E-state index contributed by atoms with van der Waals surface area (Å²) < 4.78 is 16.9. The lowest BCUT2D eigenvalue weighted by Gasteiger charge is -2.49. The third kappa shape index (κ3) is 4.89. The number of hydrogen-bond acceptors (Lipinski definition) is 12. The van der Waals surface area contributed by atoms with Crippen molar-refractivity contribution in [2.24, 2.45) is 13.0 Å². The summed E-state index contributed by atoms with van der Waals surface area (Å²) in [7, 11) is 1.34. The SMILES string of the molecule is C=C(CC[C@]12O[C@H](c3nnn(C)n3)[C@@](O)(C(=O)O)[C@](C(=O)O)(O1)[C@H](O)[C@H]2O)[C@@H](OC(C)=O)[C@H](C)Cc1ccccc1. The summed E-state index contributed by atoms with van der Waals surface area (Å²) in [4.78, 5) is 37.8.